The van der Waals surface area contributed by atoms with Gasteiger partial charge in [0.2, 0.25) is 0 Å². The van der Waals surface area contributed by atoms with E-state index in [1.807, 2.05) is 18.2 Å². The van der Waals surface area contributed by atoms with E-state index in [1.54, 1.807) is 12.1 Å². The molecule has 1 aliphatic heterocycles. The summed E-state index contributed by atoms with van der Waals surface area (Å²) in [6.45, 7) is 2.42. The molecule has 0 spiro atoms. The van der Waals surface area contributed by atoms with Gasteiger partial charge >= 0.3 is 0 Å². The largest absolute Gasteiger partial charge is 0.390 e. The van der Waals surface area contributed by atoms with Gasteiger partial charge < -0.3 is 10.6 Å². The Kier molecular flexibility index (Phi) is 7.03. The quantitative estimate of drug-likeness (QED) is 0.454. The molecule has 2 N–H and O–H groups in total. The van der Waals surface area contributed by atoms with Crippen molar-refractivity contribution in [2.45, 2.75) is 18.9 Å². The number of likely N-dealkylation sites (tertiary alicyclic amines) is 1. The van der Waals surface area contributed by atoms with Gasteiger partial charge in [0, 0.05) is 18.0 Å². The third kappa shape index (κ3) is 5.33. The summed E-state index contributed by atoms with van der Waals surface area (Å²) in [4.78, 5) is 23.4. The number of carbonyl (C=O) groups is 1. The Bertz CT molecular complexity index is 812. The maximum Gasteiger partial charge on any atom is 0.166 e. The average Bonchev–Trinajstić information content (AvgIpc) is 2.74. The Morgan fingerprint density at radius 1 is 1.14 bits per heavy atom. The molecule has 0 bridgehead atoms. The van der Waals surface area contributed by atoms with E-state index in [2.05, 4.69) is 27.0 Å². The summed E-state index contributed by atoms with van der Waals surface area (Å²) in [5.41, 5.74) is 7.00. The Morgan fingerprint density at radius 2 is 1.82 bits per heavy atom. The topological polar surface area (TPSA) is 71.0 Å². The van der Waals surface area contributed by atoms with Crippen molar-refractivity contribution in [2.75, 3.05) is 19.6 Å². The molecule has 1 heterocycles. The predicted octanol–water partition coefficient (Wildman–Crippen LogP) is 3.48. The normalized spacial score (nSPS) is 17.3. The lowest BCUT2D eigenvalue weighted by Crippen LogP contribution is -2.38. The van der Waals surface area contributed by atoms with Crippen LogP contribution in [0.4, 0.5) is 4.39 Å². The molecule has 3 rings (SSSR count). The Balaban J connectivity index is 1.59. The monoisotopic (exact) mass is 380 g/mol. The lowest BCUT2D eigenvalue weighted by molar-refractivity contribution is 0.0836. The van der Waals surface area contributed by atoms with Gasteiger partial charge in [-0.2, -0.15) is 0 Å². The second kappa shape index (κ2) is 9.90. The van der Waals surface area contributed by atoms with E-state index in [0.29, 0.717) is 5.56 Å². The third-order valence-electron chi connectivity index (χ3n) is 5.10. The SMILES string of the molecule is NC=NC=NC(CN1CCC(C(=O)c2ccc(F)cc2)CC1)c1ccccc1. The van der Waals surface area contributed by atoms with Gasteiger partial charge in [-0.25, -0.2) is 9.38 Å². The van der Waals surface area contributed by atoms with Crippen molar-refractivity contribution < 1.29 is 9.18 Å². The first kappa shape index (κ1) is 19.9. The van der Waals surface area contributed by atoms with Gasteiger partial charge in [-0.15, -0.1) is 0 Å². The van der Waals surface area contributed by atoms with Crippen molar-refractivity contribution in [3.8, 4) is 0 Å². The number of hydrogen-bond acceptors (Lipinski definition) is 3. The van der Waals surface area contributed by atoms with Crippen molar-refractivity contribution in [2.24, 2.45) is 21.6 Å². The van der Waals surface area contributed by atoms with Crippen LogP contribution in [0.1, 0.15) is 34.8 Å². The zero-order valence-corrected chi connectivity index (χ0v) is 15.7. The number of rotatable bonds is 7. The van der Waals surface area contributed by atoms with Crippen molar-refractivity contribution >= 4 is 18.5 Å². The first-order chi connectivity index (χ1) is 13.7. The first-order valence-electron chi connectivity index (χ1n) is 9.49. The van der Waals surface area contributed by atoms with Gasteiger partial charge in [0.1, 0.15) is 12.2 Å². The molecule has 5 nitrogen and oxygen atoms in total. The summed E-state index contributed by atoms with van der Waals surface area (Å²) in [6, 6.07) is 15.9. The number of aliphatic imine (C=N–C) groups is 2. The summed E-state index contributed by atoms with van der Waals surface area (Å²) in [5.74, 6) is -0.227. The molecule has 0 saturated carbocycles. The van der Waals surface area contributed by atoms with E-state index < -0.39 is 0 Å². The number of nitrogens with two attached hydrogens (primary N) is 1. The molecular weight excluding hydrogens is 355 g/mol. The molecule has 1 atom stereocenters. The minimum Gasteiger partial charge on any atom is -0.390 e. The number of halogens is 1. The van der Waals surface area contributed by atoms with Crippen LogP contribution >= 0.6 is 0 Å². The molecule has 2 aromatic rings. The fraction of sp³-hybridized carbons (Fsp3) is 0.318. The average molecular weight is 380 g/mol. The van der Waals surface area contributed by atoms with Crippen LogP contribution in [0.15, 0.2) is 64.6 Å². The van der Waals surface area contributed by atoms with Crippen LogP contribution in [-0.2, 0) is 0 Å². The van der Waals surface area contributed by atoms with Crippen LogP contribution in [-0.4, -0.2) is 43.0 Å². The molecule has 1 aliphatic rings. The Labute approximate surface area is 164 Å². The van der Waals surface area contributed by atoms with E-state index in [-0.39, 0.29) is 23.6 Å². The molecule has 146 valence electrons. The zero-order valence-electron chi connectivity index (χ0n) is 15.7. The second-order valence-corrected chi connectivity index (χ2v) is 6.94. The molecule has 28 heavy (non-hydrogen) atoms. The van der Waals surface area contributed by atoms with Crippen molar-refractivity contribution in [1.82, 2.24) is 4.90 Å². The summed E-state index contributed by atoms with van der Waals surface area (Å²) in [5, 5.41) is 0. The highest BCUT2D eigenvalue weighted by Gasteiger charge is 2.27. The molecule has 2 aromatic carbocycles. The van der Waals surface area contributed by atoms with E-state index in [4.69, 9.17) is 5.73 Å². The fourth-order valence-electron chi connectivity index (χ4n) is 3.54. The second-order valence-electron chi connectivity index (χ2n) is 6.94. The molecule has 6 heteroatoms. The van der Waals surface area contributed by atoms with Gasteiger partial charge in [0.25, 0.3) is 0 Å². The van der Waals surface area contributed by atoms with Crippen LogP contribution in [0.5, 0.6) is 0 Å². The van der Waals surface area contributed by atoms with Crippen LogP contribution < -0.4 is 5.73 Å². The van der Waals surface area contributed by atoms with Crippen LogP contribution in [0.3, 0.4) is 0 Å². The number of carbonyl (C=O) groups excluding carboxylic acids is 1. The lowest BCUT2D eigenvalue weighted by atomic mass is 9.88. The van der Waals surface area contributed by atoms with Crippen molar-refractivity contribution in [3.05, 3.63) is 71.5 Å². The van der Waals surface area contributed by atoms with E-state index >= 15 is 0 Å². The minimum absolute atomic E-state index is 0.0118. The number of ketones is 1. The number of piperidine rings is 1. The summed E-state index contributed by atoms with van der Waals surface area (Å²) >= 11 is 0. The molecule has 1 saturated heterocycles. The number of nitrogens with zero attached hydrogens (tertiary/aromatic N) is 3. The van der Waals surface area contributed by atoms with E-state index in [0.717, 1.165) is 38.0 Å². The van der Waals surface area contributed by atoms with Crippen LogP contribution in [0, 0.1) is 11.7 Å². The van der Waals surface area contributed by atoms with Gasteiger partial charge in [0.05, 0.1) is 12.4 Å². The smallest absolute Gasteiger partial charge is 0.166 e. The lowest BCUT2D eigenvalue weighted by Gasteiger charge is -2.33. The number of hydrogen-bond donors (Lipinski definition) is 1. The van der Waals surface area contributed by atoms with Gasteiger partial charge in [-0.3, -0.25) is 9.79 Å². The predicted molar refractivity (Wildman–Crippen MR) is 110 cm³/mol. The van der Waals surface area contributed by atoms with Crippen molar-refractivity contribution in [1.29, 1.82) is 0 Å². The minimum atomic E-state index is -0.321. The van der Waals surface area contributed by atoms with Gasteiger partial charge in [-0.05, 0) is 55.8 Å². The summed E-state index contributed by atoms with van der Waals surface area (Å²) in [7, 11) is 0. The molecule has 1 fully saturated rings. The molecule has 0 amide bonds. The number of Topliss-reactive ketones (excluding diaryl/α,β-unsaturated/α-hetero) is 1. The highest BCUT2D eigenvalue weighted by Crippen LogP contribution is 2.25. The zero-order chi connectivity index (χ0) is 19.8. The maximum absolute atomic E-state index is 13.1. The first-order valence-corrected chi connectivity index (χ1v) is 9.49. The molecular formula is C22H25FN4O. The standard InChI is InChI=1S/C22H25FN4O/c23-20-8-6-18(7-9-20)22(28)19-10-12-27(13-11-19)14-21(26-16-25-15-24)17-4-2-1-3-5-17/h1-9,15-16,19,21H,10-14H2,(H2,24,25,26). The van der Waals surface area contributed by atoms with Crippen LogP contribution in [0.25, 0.3) is 0 Å². The van der Waals surface area contributed by atoms with Crippen molar-refractivity contribution in [3.63, 3.8) is 0 Å². The Hall–Kier alpha value is -2.86. The third-order valence-corrected chi connectivity index (χ3v) is 5.10. The highest BCUT2D eigenvalue weighted by molar-refractivity contribution is 5.97. The summed E-state index contributed by atoms with van der Waals surface area (Å²) < 4.78 is 13.1. The Morgan fingerprint density at radius 3 is 2.46 bits per heavy atom. The van der Waals surface area contributed by atoms with Crippen LogP contribution in [0.2, 0.25) is 0 Å². The maximum atomic E-state index is 13.1. The summed E-state index contributed by atoms with van der Waals surface area (Å²) in [6.07, 6.45) is 4.30. The van der Waals surface area contributed by atoms with E-state index in [1.165, 1.54) is 24.8 Å². The number of benzene rings is 2. The molecule has 0 aromatic heterocycles. The molecule has 1 unspecified atom stereocenters. The fourth-order valence-corrected chi connectivity index (χ4v) is 3.54. The van der Waals surface area contributed by atoms with Gasteiger partial charge in [0.15, 0.2) is 5.78 Å². The van der Waals surface area contributed by atoms with E-state index in [9.17, 15) is 9.18 Å². The highest BCUT2D eigenvalue weighted by atomic mass is 19.1. The molecule has 0 aliphatic carbocycles. The van der Waals surface area contributed by atoms with Gasteiger partial charge in [-0.1, -0.05) is 30.3 Å². The molecule has 0 radical (unpaired) electrons.